The zero-order valence-electron chi connectivity index (χ0n) is 15.6. The van der Waals surface area contributed by atoms with Crippen LogP contribution in [0.5, 0.6) is 0 Å². The number of amides is 1. The first kappa shape index (κ1) is 20.4. The Hall–Kier alpha value is -2.35. The Labute approximate surface area is 173 Å². The topological polar surface area (TPSA) is 69.0 Å². The van der Waals surface area contributed by atoms with Crippen LogP contribution in [-0.2, 0) is 9.53 Å². The van der Waals surface area contributed by atoms with Crippen LogP contribution >= 0.6 is 23.4 Å². The van der Waals surface area contributed by atoms with Gasteiger partial charge in [-0.05, 0) is 43.3 Å². The summed E-state index contributed by atoms with van der Waals surface area (Å²) in [6.45, 7) is 2.37. The number of methoxy groups -OCH3 is 1. The molecule has 146 valence electrons. The highest BCUT2D eigenvalue weighted by Gasteiger charge is 2.17. The number of thioether (sulfide) groups is 1. The summed E-state index contributed by atoms with van der Waals surface area (Å²) in [5.41, 5.74) is 1.82. The summed E-state index contributed by atoms with van der Waals surface area (Å²) >= 11 is 7.35. The van der Waals surface area contributed by atoms with Crippen LogP contribution in [0, 0.1) is 0 Å². The number of hydrogen-bond acceptors (Lipinski definition) is 5. The van der Waals surface area contributed by atoms with Crippen molar-refractivity contribution in [1.82, 2.24) is 20.1 Å². The molecule has 0 spiro atoms. The highest BCUT2D eigenvalue weighted by molar-refractivity contribution is 7.99. The van der Waals surface area contributed by atoms with Crippen molar-refractivity contribution in [1.29, 1.82) is 0 Å². The fourth-order valence-electron chi connectivity index (χ4n) is 2.70. The molecule has 3 rings (SSSR count). The van der Waals surface area contributed by atoms with Crippen LogP contribution in [-0.4, -0.2) is 46.2 Å². The minimum atomic E-state index is -0.0785. The van der Waals surface area contributed by atoms with Crippen LogP contribution in [0.1, 0.15) is 6.92 Å². The monoisotopic (exact) mass is 416 g/mol. The molecule has 0 bridgehead atoms. The molecule has 1 N–H and O–H groups in total. The first-order valence-electron chi connectivity index (χ1n) is 8.76. The lowest BCUT2D eigenvalue weighted by atomic mass is 10.2. The van der Waals surface area contributed by atoms with E-state index in [0.29, 0.717) is 22.6 Å². The number of halogens is 1. The Morgan fingerprint density at radius 3 is 2.57 bits per heavy atom. The van der Waals surface area contributed by atoms with Gasteiger partial charge < -0.3 is 10.1 Å². The van der Waals surface area contributed by atoms with Gasteiger partial charge >= 0.3 is 0 Å². The van der Waals surface area contributed by atoms with Crippen LogP contribution < -0.4 is 5.32 Å². The maximum atomic E-state index is 12.2. The van der Waals surface area contributed by atoms with E-state index in [1.807, 2.05) is 66.1 Å². The lowest BCUT2D eigenvalue weighted by Crippen LogP contribution is -2.36. The molecule has 0 fully saturated rings. The fraction of sp³-hybridized carbons (Fsp3) is 0.250. The third kappa shape index (κ3) is 5.13. The summed E-state index contributed by atoms with van der Waals surface area (Å²) < 4.78 is 6.99. The summed E-state index contributed by atoms with van der Waals surface area (Å²) in [5, 5.41) is 12.9. The summed E-state index contributed by atoms with van der Waals surface area (Å²) in [5.74, 6) is 0.850. The molecule has 2 aromatic carbocycles. The average molecular weight is 417 g/mol. The Morgan fingerprint density at radius 1 is 1.18 bits per heavy atom. The van der Waals surface area contributed by atoms with Gasteiger partial charge in [-0.2, -0.15) is 0 Å². The maximum absolute atomic E-state index is 12.2. The molecule has 1 atom stereocenters. The number of nitrogens with zero attached hydrogens (tertiary/aromatic N) is 3. The van der Waals surface area contributed by atoms with E-state index in [1.54, 1.807) is 7.11 Å². The molecule has 8 heteroatoms. The van der Waals surface area contributed by atoms with Crippen molar-refractivity contribution in [3.05, 3.63) is 59.6 Å². The van der Waals surface area contributed by atoms with Gasteiger partial charge in [0.2, 0.25) is 5.91 Å². The largest absolute Gasteiger partial charge is 0.383 e. The van der Waals surface area contributed by atoms with Crippen LogP contribution in [0.2, 0.25) is 5.02 Å². The molecule has 1 aromatic heterocycles. The predicted octanol–water partition coefficient (Wildman–Crippen LogP) is 3.83. The molecule has 1 heterocycles. The number of nitrogens with one attached hydrogen (secondary N) is 1. The summed E-state index contributed by atoms with van der Waals surface area (Å²) in [6, 6.07) is 17.2. The first-order chi connectivity index (χ1) is 13.6. The van der Waals surface area contributed by atoms with Gasteiger partial charge in [0.1, 0.15) is 0 Å². The normalized spacial score (nSPS) is 12.0. The predicted molar refractivity (Wildman–Crippen MR) is 112 cm³/mol. The van der Waals surface area contributed by atoms with Crippen molar-refractivity contribution in [2.75, 3.05) is 19.5 Å². The Bertz CT molecular complexity index is 916. The Morgan fingerprint density at radius 2 is 1.89 bits per heavy atom. The standard InChI is InChI=1S/C20H21ClN4O2S/c1-14(12-27-2)22-18(26)13-28-20-24-23-19(15-8-10-16(21)11-9-15)25(20)17-6-4-3-5-7-17/h3-11,14H,12-13H2,1-2H3,(H,22,26). The Kier molecular flexibility index (Phi) is 7.08. The van der Waals surface area contributed by atoms with Gasteiger partial charge in [-0.15, -0.1) is 10.2 Å². The number of benzene rings is 2. The van der Waals surface area contributed by atoms with Crippen molar-refractivity contribution in [3.8, 4) is 17.1 Å². The highest BCUT2D eigenvalue weighted by Crippen LogP contribution is 2.28. The van der Waals surface area contributed by atoms with Gasteiger partial charge in [0.25, 0.3) is 0 Å². The second-order valence-corrected chi connectivity index (χ2v) is 7.58. The molecule has 0 aliphatic rings. The van der Waals surface area contributed by atoms with Crippen molar-refractivity contribution in [2.45, 2.75) is 18.1 Å². The fourth-order valence-corrected chi connectivity index (χ4v) is 3.59. The number of rotatable bonds is 8. The number of ether oxygens (including phenoxy) is 1. The quantitative estimate of drug-likeness (QED) is 0.565. The average Bonchev–Trinajstić information content (AvgIpc) is 3.12. The number of para-hydroxylation sites is 1. The number of hydrogen-bond donors (Lipinski definition) is 1. The van der Waals surface area contributed by atoms with Crippen LogP contribution in [0.25, 0.3) is 17.1 Å². The second-order valence-electron chi connectivity index (χ2n) is 6.20. The van der Waals surface area contributed by atoms with Gasteiger partial charge in [0, 0.05) is 29.4 Å². The summed E-state index contributed by atoms with van der Waals surface area (Å²) in [7, 11) is 1.61. The van der Waals surface area contributed by atoms with Gasteiger partial charge in [0.05, 0.1) is 12.4 Å². The molecule has 0 radical (unpaired) electrons. The van der Waals surface area contributed by atoms with E-state index in [1.165, 1.54) is 11.8 Å². The minimum absolute atomic E-state index is 0.0466. The Balaban J connectivity index is 1.85. The van der Waals surface area contributed by atoms with Crippen molar-refractivity contribution < 1.29 is 9.53 Å². The number of carbonyl (C=O) groups is 1. The molecule has 1 amide bonds. The molecule has 0 aliphatic carbocycles. The van der Waals surface area contributed by atoms with E-state index in [-0.39, 0.29) is 17.7 Å². The van der Waals surface area contributed by atoms with E-state index in [2.05, 4.69) is 15.5 Å². The van der Waals surface area contributed by atoms with Crippen LogP contribution in [0.15, 0.2) is 59.8 Å². The molecule has 0 saturated carbocycles. The molecule has 28 heavy (non-hydrogen) atoms. The summed E-state index contributed by atoms with van der Waals surface area (Å²) in [4.78, 5) is 12.2. The molecule has 6 nitrogen and oxygen atoms in total. The third-order valence-electron chi connectivity index (χ3n) is 3.91. The maximum Gasteiger partial charge on any atom is 0.230 e. The third-order valence-corrected chi connectivity index (χ3v) is 5.09. The zero-order chi connectivity index (χ0) is 19.9. The van der Waals surface area contributed by atoms with Gasteiger partial charge in [-0.25, -0.2) is 0 Å². The number of aromatic nitrogens is 3. The summed E-state index contributed by atoms with van der Waals surface area (Å²) in [6.07, 6.45) is 0. The van der Waals surface area contributed by atoms with Crippen molar-refractivity contribution in [3.63, 3.8) is 0 Å². The minimum Gasteiger partial charge on any atom is -0.383 e. The molecular weight excluding hydrogens is 396 g/mol. The van der Waals surface area contributed by atoms with Crippen molar-refractivity contribution in [2.24, 2.45) is 0 Å². The van der Waals surface area contributed by atoms with Crippen molar-refractivity contribution >= 4 is 29.3 Å². The van der Waals surface area contributed by atoms with Gasteiger partial charge in [0.15, 0.2) is 11.0 Å². The SMILES string of the molecule is COCC(C)NC(=O)CSc1nnc(-c2ccc(Cl)cc2)n1-c1ccccc1. The molecule has 0 aliphatic heterocycles. The zero-order valence-corrected chi connectivity index (χ0v) is 17.2. The number of carbonyl (C=O) groups excluding carboxylic acids is 1. The lowest BCUT2D eigenvalue weighted by Gasteiger charge is -2.13. The molecule has 0 saturated heterocycles. The van der Waals surface area contributed by atoms with E-state index in [4.69, 9.17) is 16.3 Å². The highest BCUT2D eigenvalue weighted by atomic mass is 35.5. The second kappa shape index (κ2) is 9.73. The van der Waals surface area contributed by atoms with Gasteiger partial charge in [-0.3, -0.25) is 9.36 Å². The van der Waals surface area contributed by atoms with E-state index >= 15 is 0 Å². The lowest BCUT2D eigenvalue weighted by molar-refractivity contribution is -0.119. The smallest absolute Gasteiger partial charge is 0.230 e. The van der Waals surface area contributed by atoms with Crippen LogP contribution in [0.3, 0.4) is 0 Å². The van der Waals surface area contributed by atoms with E-state index in [0.717, 1.165) is 11.3 Å². The van der Waals surface area contributed by atoms with Crippen LogP contribution in [0.4, 0.5) is 0 Å². The molecule has 3 aromatic rings. The molecular formula is C20H21ClN4O2S. The van der Waals surface area contributed by atoms with E-state index in [9.17, 15) is 4.79 Å². The van der Waals surface area contributed by atoms with Gasteiger partial charge in [-0.1, -0.05) is 41.6 Å². The molecule has 1 unspecified atom stereocenters. The first-order valence-corrected chi connectivity index (χ1v) is 10.1. The van der Waals surface area contributed by atoms with E-state index < -0.39 is 0 Å².